The van der Waals surface area contributed by atoms with Gasteiger partial charge < -0.3 is 10.6 Å². The molecular formula is C17H15FN4O. The van der Waals surface area contributed by atoms with Gasteiger partial charge in [-0.05, 0) is 42.7 Å². The molecule has 0 saturated heterocycles. The minimum absolute atomic E-state index is 0.0258. The van der Waals surface area contributed by atoms with E-state index < -0.39 is 5.82 Å². The molecule has 0 radical (unpaired) electrons. The number of carbonyl (C=O) groups is 1. The number of hydrogen-bond donors (Lipinski definition) is 2. The second kappa shape index (κ2) is 6.44. The van der Waals surface area contributed by atoms with Crippen LogP contribution < -0.4 is 10.6 Å². The Hall–Kier alpha value is -2.94. The molecule has 6 heteroatoms. The molecule has 5 nitrogen and oxygen atoms in total. The third-order valence-corrected chi connectivity index (χ3v) is 3.57. The van der Waals surface area contributed by atoms with Gasteiger partial charge in [0.1, 0.15) is 17.7 Å². The zero-order chi connectivity index (χ0) is 16.2. The molecule has 0 atom stereocenters. The highest BCUT2D eigenvalue weighted by Crippen LogP contribution is 2.19. The number of nitrogens with zero attached hydrogens (tertiary/aromatic N) is 2. The van der Waals surface area contributed by atoms with Crippen molar-refractivity contribution in [3.05, 3.63) is 59.0 Å². The Morgan fingerprint density at radius 1 is 1.35 bits per heavy atom. The molecule has 1 aliphatic rings. The van der Waals surface area contributed by atoms with Crippen LogP contribution in [0.5, 0.6) is 0 Å². The number of carbonyl (C=O) groups excluding carboxylic acids is 1. The Bertz CT molecular complexity index is 763. The number of aromatic nitrogens is 1. The van der Waals surface area contributed by atoms with E-state index in [-0.39, 0.29) is 11.5 Å². The third kappa shape index (κ3) is 3.83. The van der Waals surface area contributed by atoms with Crippen LogP contribution >= 0.6 is 0 Å². The van der Waals surface area contributed by atoms with Gasteiger partial charge in [0.15, 0.2) is 0 Å². The van der Waals surface area contributed by atoms with Gasteiger partial charge in [-0.2, -0.15) is 5.26 Å². The number of pyridine rings is 1. The fourth-order valence-electron chi connectivity index (χ4n) is 2.08. The first kappa shape index (κ1) is 15.0. The summed E-state index contributed by atoms with van der Waals surface area (Å²) in [5.74, 6) is -0.0506. The molecule has 116 valence electrons. The van der Waals surface area contributed by atoms with Gasteiger partial charge in [0.05, 0.1) is 11.1 Å². The number of amides is 1. The maximum Gasteiger partial charge on any atom is 0.253 e. The van der Waals surface area contributed by atoms with Crippen LogP contribution in [0, 0.1) is 17.1 Å². The van der Waals surface area contributed by atoms with Crippen LogP contribution in [0.25, 0.3) is 0 Å². The summed E-state index contributed by atoms with van der Waals surface area (Å²) >= 11 is 0. The van der Waals surface area contributed by atoms with Crippen molar-refractivity contribution in [2.45, 2.75) is 25.4 Å². The molecule has 1 heterocycles. The van der Waals surface area contributed by atoms with Gasteiger partial charge in [-0.25, -0.2) is 9.37 Å². The van der Waals surface area contributed by atoms with Crippen LogP contribution in [0.2, 0.25) is 0 Å². The number of nitriles is 1. The number of benzene rings is 1. The van der Waals surface area contributed by atoms with Gasteiger partial charge >= 0.3 is 0 Å². The van der Waals surface area contributed by atoms with Gasteiger partial charge in [-0.1, -0.05) is 6.07 Å². The van der Waals surface area contributed by atoms with Crippen LogP contribution in [0.4, 0.5) is 10.2 Å². The number of anilines is 1. The molecule has 1 saturated carbocycles. The predicted molar refractivity (Wildman–Crippen MR) is 83.2 cm³/mol. The minimum atomic E-state index is -0.535. The lowest BCUT2D eigenvalue weighted by Crippen LogP contribution is -2.25. The summed E-state index contributed by atoms with van der Waals surface area (Å²) in [4.78, 5) is 16.0. The summed E-state index contributed by atoms with van der Waals surface area (Å²) in [6.45, 7) is 0.378. The highest BCUT2D eigenvalue weighted by Gasteiger charge is 2.23. The maximum absolute atomic E-state index is 13.5. The Morgan fingerprint density at radius 3 is 2.78 bits per heavy atom. The van der Waals surface area contributed by atoms with E-state index in [0.717, 1.165) is 12.8 Å². The Balaban J connectivity index is 1.59. The molecule has 1 aliphatic carbocycles. The van der Waals surface area contributed by atoms with Crippen molar-refractivity contribution < 1.29 is 9.18 Å². The smallest absolute Gasteiger partial charge is 0.253 e. The maximum atomic E-state index is 13.5. The van der Waals surface area contributed by atoms with Gasteiger partial charge in [-0.15, -0.1) is 0 Å². The van der Waals surface area contributed by atoms with Crippen molar-refractivity contribution in [2.75, 3.05) is 5.32 Å². The topological polar surface area (TPSA) is 77.8 Å². The Labute approximate surface area is 133 Å². The van der Waals surface area contributed by atoms with E-state index in [0.29, 0.717) is 29.5 Å². The van der Waals surface area contributed by atoms with E-state index in [9.17, 15) is 9.18 Å². The second-order valence-electron chi connectivity index (χ2n) is 5.46. The first-order chi connectivity index (χ1) is 11.2. The summed E-state index contributed by atoms with van der Waals surface area (Å²) in [5.41, 5.74) is 1.25. The first-order valence-corrected chi connectivity index (χ1v) is 7.35. The van der Waals surface area contributed by atoms with Crippen LogP contribution in [0.1, 0.15) is 34.3 Å². The molecule has 1 amide bonds. The SMILES string of the molecule is N#Cc1ccc(CNc2ccc(C(=O)NC3CC3)cn2)cc1F. The van der Waals surface area contributed by atoms with E-state index >= 15 is 0 Å². The van der Waals surface area contributed by atoms with E-state index in [1.807, 2.05) is 0 Å². The lowest BCUT2D eigenvalue weighted by atomic mass is 10.1. The lowest BCUT2D eigenvalue weighted by molar-refractivity contribution is 0.0950. The molecule has 1 fully saturated rings. The minimum Gasteiger partial charge on any atom is -0.366 e. The molecule has 3 rings (SSSR count). The molecule has 2 aromatic rings. The number of hydrogen-bond acceptors (Lipinski definition) is 4. The van der Waals surface area contributed by atoms with Crippen molar-refractivity contribution >= 4 is 11.7 Å². The second-order valence-corrected chi connectivity index (χ2v) is 5.46. The fraction of sp³-hybridized carbons (Fsp3) is 0.235. The molecule has 1 aromatic heterocycles. The van der Waals surface area contributed by atoms with Crippen molar-refractivity contribution in [3.63, 3.8) is 0 Å². The predicted octanol–water partition coefficient (Wildman–Crippen LogP) is 2.60. The van der Waals surface area contributed by atoms with Crippen LogP contribution in [0.3, 0.4) is 0 Å². The largest absolute Gasteiger partial charge is 0.366 e. The molecule has 0 unspecified atom stereocenters. The molecule has 0 spiro atoms. The molecule has 2 N–H and O–H groups in total. The van der Waals surface area contributed by atoms with Crippen molar-refractivity contribution in [1.29, 1.82) is 5.26 Å². The zero-order valence-corrected chi connectivity index (χ0v) is 12.3. The first-order valence-electron chi connectivity index (χ1n) is 7.35. The van der Waals surface area contributed by atoms with E-state index in [1.165, 1.54) is 18.3 Å². The summed E-state index contributed by atoms with van der Waals surface area (Å²) in [7, 11) is 0. The normalized spacial score (nSPS) is 13.2. The van der Waals surface area contributed by atoms with E-state index in [4.69, 9.17) is 5.26 Å². The molecule has 23 heavy (non-hydrogen) atoms. The highest BCUT2D eigenvalue weighted by molar-refractivity contribution is 5.94. The number of rotatable bonds is 5. The monoisotopic (exact) mass is 310 g/mol. The van der Waals surface area contributed by atoms with Gasteiger partial charge in [-0.3, -0.25) is 4.79 Å². The standard InChI is InChI=1S/C17H15FN4O/c18-15-7-11(1-2-12(15)8-19)9-20-16-6-3-13(10-21-16)17(23)22-14-4-5-14/h1-3,6-7,10,14H,4-5,9H2,(H,20,21)(H,22,23). The zero-order valence-electron chi connectivity index (χ0n) is 12.3. The van der Waals surface area contributed by atoms with E-state index in [2.05, 4.69) is 15.6 Å². The average Bonchev–Trinajstić information content (AvgIpc) is 3.37. The summed E-state index contributed by atoms with van der Waals surface area (Å²) in [6, 6.07) is 9.97. The average molecular weight is 310 g/mol. The molecular weight excluding hydrogens is 295 g/mol. The number of halogens is 1. The molecule has 0 aliphatic heterocycles. The van der Waals surface area contributed by atoms with Crippen LogP contribution in [-0.2, 0) is 6.54 Å². The van der Waals surface area contributed by atoms with Gasteiger partial charge in [0.25, 0.3) is 5.91 Å². The quantitative estimate of drug-likeness (QED) is 0.890. The molecule has 1 aromatic carbocycles. The van der Waals surface area contributed by atoms with E-state index in [1.54, 1.807) is 24.3 Å². The summed E-state index contributed by atoms with van der Waals surface area (Å²) in [5, 5.41) is 14.6. The van der Waals surface area contributed by atoms with Crippen molar-refractivity contribution in [1.82, 2.24) is 10.3 Å². The number of nitrogens with one attached hydrogen (secondary N) is 2. The Morgan fingerprint density at radius 2 is 2.17 bits per heavy atom. The van der Waals surface area contributed by atoms with Crippen LogP contribution in [-0.4, -0.2) is 16.9 Å². The van der Waals surface area contributed by atoms with Crippen molar-refractivity contribution in [3.8, 4) is 6.07 Å². The molecule has 0 bridgehead atoms. The summed E-state index contributed by atoms with van der Waals surface area (Å²) in [6.07, 6.45) is 3.60. The van der Waals surface area contributed by atoms with Crippen molar-refractivity contribution in [2.24, 2.45) is 0 Å². The third-order valence-electron chi connectivity index (χ3n) is 3.57. The van der Waals surface area contributed by atoms with Gasteiger partial charge in [0, 0.05) is 18.8 Å². The lowest BCUT2D eigenvalue weighted by Gasteiger charge is -2.07. The highest BCUT2D eigenvalue weighted by atomic mass is 19.1. The fourth-order valence-corrected chi connectivity index (χ4v) is 2.08. The summed E-state index contributed by atoms with van der Waals surface area (Å²) < 4.78 is 13.5. The van der Waals surface area contributed by atoms with Gasteiger partial charge in [0.2, 0.25) is 0 Å². The van der Waals surface area contributed by atoms with Crippen LogP contribution in [0.15, 0.2) is 36.5 Å². The Kier molecular flexibility index (Phi) is 4.20.